The van der Waals surface area contributed by atoms with E-state index in [-0.39, 0.29) is 12.6 Å². The zero-order valence-corrected chi connectivity index (χ0v) is 5.59. The first-order valence-electron chi connectivity index (χ1n) is 3.02. The van der Waals surface area contributed by atoms with Gasteiger partial charge in [0.05, 0.1) is 12.6 Å². The third-order valence-corrected chi connectivity index (χ3v) is 1.09. The Morgan fingerprint density at radius 3 is 2.89 bits per heavy atom. The van der Waals surface area contributed by atoms with Gasteiger partial charge in [0.15, 0.2) is 0 Å². The lowest BCUT2D eigenvalue weighted by Gasteiger charge is -2.07. The molecule has 0 radical (unpaired) electrons. The van der Waals surface area contributed by atoms with Gasteiger partial charge in [-0.1, -0.05) is 0 Å². The standard InChI is InChI=1S/C6H12N2O/c1-6(2-5-9)8-4-3-7/h6,8-9H,2,4-5H2,1H3. The number of hydrogen-bond donors (Lipinski definition) is 2. The summed E-state index contributed by atoms with van der Waals surface area (Å²) < 4.78 is 0. The molecule has 0 aliphatic rings. The van der Waals surface area contributed by atoms with Gasteiger partial charge in [-0.15, -0.1) is 0 Å². The molecule has 52 valence electrons. The highest BCUT2D eigenvalue weighted by atomic mass is 16.3. The molecular weight excluding hydrogens is 116 g/mol. The molecule has 2 N–H and O–H groups in total. The Balaban J connectivity index is 3.07. The minimum atomic E-state index is 0.180. The van der Waals surface area contributed by atoms with Gasteiger partial charge >= 0.3 is 0 Å². The lowest BCUT2D eigenvalue weighted by atomic mass is 10.2. The largest absolute Gasteiger partial charge is 0.396 e. The van der Waals surface area contributed by atoms with Crippen LogP contribution in [0.3, 0.4) is 0 Å². The third kappa shape index (κ3) is 5.28. The van der Waals surface area contributed by atoms with Gasteiger partial charge < -0.3 is 10.4 Å². The average Bonchev–Trinajstić information content (AvgIpc) is 1.85. The van der Waals surface area contributed by atoms with Crippen LogP contribution in [-0.4, -0.2) is 24.3 Å². The van der Waals surface area contributed by atoms with E-state index in [1.807, 2.05) is 13.0 Å². The van der Waals surface area contributed by atoms with Crippen molar-refractivity contribution >= 4 is 0 Å². The predicted molar refractivity (Wildman–Crippen MR) is 34.8 cm³/mol. The van der Waals surface area contributed by atoms with E-state index in [9.17, 15) is 0 Å². The van der Waals surface area contributed by atoms with Crippen molar-refractivity contribution in [1.29, 1.82) is 5.26 Å². The van der Waals surface area contributed by atoms with Gasteiger partial charge in [0.25, 0.3) is 0 Å². The first kappa shape index (κ1) is 8.41. The molecular formula is C6H12N2O. The fraction of sp³-hybridized carbons (Fsp3) is 0.833. The summed E-state index contributed by atoms with van der Waals surface area (Å²) in [5, 5.41) is 19.4. The summed E-state index contributed by atoms with van der Waals surface area (Å²) in [5.41, 5.74) is 0. The zero-order valence-electron chi connectivity index (χ0n) is 5.59. The van der Waals surface area contributed by atoms with Crippen molar-refractivity contribution in [2.75, 3.05) is 13.2 Å². The van der Waals surface area contributed by atoms with E-state index < -0.39 is 0 Å². The van der Waals surface area contributed by atoms with Crippen LogP contribution < -0.4 is 5.32 Å². The van der Waals surface area contributed by atoms with Crippen molar-refractivity contribution in [3.8, 4) is 6.07 Å². The van der Waals surface area contributed by atoms with Gasteiger partial charge in [-0.3, -0.25) is 0 Å². The highest BCUT2D eigenvalue weighted by molar-refractivity contribution is 4.75. The molecule has 0 heterocycles. The predicted octanol–water partition coefficient (Wildman–Crippen LogP) is -0.130. The molecule has 0 aliphatic carbocycles. The molecule has 0 fully saturated rings. The Morgan fingerprint density at radius 1 is 1.78 bits per heavy atom. The number of hydrogen-bond acceptors (Lipinski definition) is 3. The van der Waals surface area contributed by atoms with E-state index in [1.165, 1.54) is 0 Å². The molecule has 1 atom stereocenters. The summed E-state index contributed by atoms with van der Waals surface area (Å²) in [7, 11) is 0. The second-order valence-corrected chi connectivity index (χ2v) is 1.95. The van der Waals surface area contributed by atoms with Gasteiger partial charge in [0.2, 0.25) is 0 Å². The first-order valence-corrected chi connectivity index (χ1v) is 3.02. The Bertz CT molecular complexity index is 97.7. The maximum Gasteiger partial charge on any atom is 0.0843 e. The fourth-order valence-electron chi connectivity index (χ4n) is 0.516. The molecule has 0 spiro atoms. The number of rotatable bonds is 4. The van der Waals surface area contributed by atoms with Gasteiger partial charge in [-0.2, -0.15) is 5.26 Å². The highest BCUT2D eigenvalue weighted by Crippen LogP contribution is 1.85. The zero-order chi connectivity index (χ0) is 7.11. The summed E-state index contributed by atoms with van der Waals surface area (Å²) >= 11 is 0. The van der Waals surface area contributed by atoms with E-state index in [2.05, 4.69) is 5.32 Å². The molecule has 9 heavy (non-hydrogen) atoms. The van der Waals surface area contributed by atoms with Crippen LogP contribution >= 0.6 is 0 Å². The number of aliphatic hydroxyl groups is 1. The van der Waals surface area contributed by atoms with Gasteiger partial charge in [-0.25, -0.2) is 0 Å². The van der Waals surface area contributed by atoms with Crippen molar-refractivity contribution in [3.05, 3.63) is 0 Å². The van der Waals surface area contributed by atoms with E-state index in [1.54, 1.807) is 0 Å². The number of nitriles is 1. The minimum Gasteiger partial charge on any atom is -0.396 e. The van der Waals surface area contributed by atoms with Crippen LogP contribution in [0.5, 0.6) is 0 Å². The lowest BCUT2D eigenvalue weighted by Crippen LogP contribution is -2.26. The molecule has 0 aromatic carbocycles. The topological polar surface area (TPSA) is 56.0 Å². The molecule has 0 aromatic rings. The molecule has 0 saturated heterocycles. The maximum absolute atomic E-state index is 8.41. The Labute approximate surface area is 55.3 Å². The maximum atomic E-state index is 8.41. The normalized spacial score (nSPS) is 12.6. The molecule has 0 amide bonds. The molecule has 3 nitrogen and oxygen atoms in total. The number of aliphatic hydroxyl groups excluding tert-OH is 1. The van der Waals surface area contributed by atoms with Crippen LogP contribution in [-0.2, 0) is 0 Å². The highest BCUT2D eigenvalue weighted by Gasteiger charge is 1.96. The number of nitrogens with zero attached hydrogens (tertiary/aromatic N) is 1. The summed E-state index contributed by atoms with van der Waals surface area (Å²) in [4.78, 5) is 0. The van der Waals surface area contributed by atoms with Crippen LogP contribution in [0.2, 0.25) is 0 Å². The van der Waals surface area contributed by atoms with Crippen LogP contribution in [0.25, 0.3) is 0 Å². The Kier molecular flexibility index (Phi) is 5.18. The second kappa shape index (κ2) is 5.54. The van der Waals surface area contributed by atoms with E-state index in [4.69, 9.17) is 10.4 Å². The molecule has 0 aromatic heterocycles. The average molecular weight is 128 g/mol. The molecule has 0 aliphatic heterocycles. The van der Waals surface area contributed by atoms with Crippen molar-refractivity contribution in [2.45, 2.75) is 19.4 Å². The number of nitrogens with one attached hydrogen (secondary N) is 1. The van der Waals surface area contributed by atoms with Crippen LogP contribution in [0.1, 0.15) is 13.3 Å². The smallest absolute Gasteiger partial charge is 0.0843 e. The van der Waals surface area contributed by atoms with E-state index >= 15 is 0 Å². The lowest BCUT2D eigenvalue weighted by molar-refractivity contribution is 0.271. The van der Waals surface area contributed by atoms with Crippen molar-refractivity contribution in [2.24, 2.45) is 0 Å². The van der Waals surface area contributed by atoms with Crippen molar-refractivity contribution in [1.82, 2.24) is 5.32 Å². The van der Waals surface area contributed by atoms with Gasteiger partial charge in [-0.05, 0) is 13.3 Å². The molecule has 0 saturated carbocycles. The van der Waals surface area contributed by atoms with Crippen molar-refractivity contribution < 1.29 is 5.11 Å². The summed E-state index contributed by atoms with van der Waals surface area (Å²) in [6.45, 7) is 2.48. The Hall–Kier alpha value is -0.590. The summed E-state index contributed by atoms with van der Waals surface area (Å²) in [6.07, 6.45) is 0.710. The molecule has 0 rings (SSSR count). The third-order valence-electron chi connectivity index (χ3n) is 1.09. The Morgan fingerprint density at radius 2 is 2.44 bits per heavy atom. The van der Waals surface area contributed by atoms with Crippen molar-refractivity contribution in [3.63, 3.8) is 0 Å². The summed E-state index contributed by atoms with van der Waals surface area (Å²) in [5.74, 6) is 0. The summed E-state index contributed by atoms with van der Waals surface area (Å²) in [6, 6.07) is 2.21. The first-order chi connectivity index (χ1) is 4.31. The van der Waals surface area contributed by atoms with Crippen LogP contribution in [0.15, 0.2) is 0 Å². The molecule has 3 heteroatoms. The van der Waals surface area contributed by atoms with Crippen LogP contribution in [0.4, 0.5) is 0 Å². The SMILES string of the molecule is CC(CCO)NCC#N. The molecule has 0 bridgehead atoms. The van der Waals surface area contributed by atoms with E-state index in [0.717, 1.165) is 0 Å². The monoisotopic (exact) mass is 128 g/mol. The minimum absolute atomic E-state index is 0.180. The van der Waals surface area contributed by atoms with Crippen LogP contribution in [0, 0.1) is 11.3 Å². The fourth-order valence-corrected chi connectivity index (χ4v) is 0.516. The molecule has 1 unspecified atom stereocenters. The van der Waals surface area contributed by atoms with Gasteiger partial charge in [0, 0.05) is 12.6 Å². The van der Waals surface area contributed by atoms with E-state index in [0.29, 0.717) is 13.0 Å². The van der Waals surface area contributed by atoms with Gasteiger partial charge in [0.1, 0.15) is 0 Å². The second-order valence-electron chi connectivity index (χ2n) is 1.95. The quantitative estimate of drug-likeness (QED) is 0.518.